The molecule has 2 aromatic rings. The van der Waals surface area contributed by atoms with Gasteiger partial charge in [0.2, 0.25) is 0 Å². The van der Waals surface area contributed by atoms with Crippen LogP contribution in [0.15, 0.2) is 53.5 Å². The number of morpholine rings is 1. The van der Waals surface area contributed by atoms with Gasteiger partial charge in [-0.05, 0) is 41.8 Å². The van der Waals surface area contributed by atoms with E-state index in [1.54, 1.807) is 14.2 Å². The van der Waals surface area contributed by atoms with Gasteiger partial charge in [-0.2, -0.15) is 0 Å². The summed E-state index contributed by atoms with van der Waals surface area (Å²) in [6.07, 6.45) is 0.909. The Bertz CT molecular complexity index is 807. The van der Waals surface area contributed by atoms with Gasteiger partial charge in [-0.1, -0.05) is 35.9 Å². The third-order valence-electron chi connectivity index (χ3n) is 5.27. The van der Waals surface area contributed by atoms with Gasteiger partial charge >= 0.3 is 0 Å². The molecule has 6 nitrogen and oxygen atoms in total. The van der Waals surface area contributed by atoms with Crippen LogP contribution in [0.3, 0.4) is 0 Å². The van der Waals surface area contributed by atoms with Crippen LogP contribution >= 0.6 is 11.6 Å². The molecule has 3 rings (SSSR count). The number of benzene rings is 2. The van der Waals surface area contributed by atoms with Crippen molar-refractivity contribution in [3.8, 4) is 5.75 Å². The van der Waals surface area contributed by atoms with Gasteiger partial charge in [-0.25, -0.2) is 0 Å². The first-order valence-electron chi connectivity index (χ1n) is 10.3. The molecule has 1 saturated heterocycles. The van der Waals surface area contributed by atoms with Crippen molar-refractivity contribution >= 4 is 17.6 Å². The fraction of sp³-hybridized carbons (Fsp3) is 0.435. The second kappa shape index (κ2) is 11.8. The smallest absolute Gasteiger partial charge is 0.191 e. The van der Waals surface area contributed by atoms with Gasteiger partial charge in [0.05, 0.1) is 26.4 Å². The summed E-state index contributed by atoms with van der Waals surface area (Å²) in [6.45, 7) is 4.86. The maximum atomic E-state index is 6.26. The summed E-state index contributed by atoms with van der Waals surface area (Å²) in [5.41, 5.74) is 2.45. The van der Waals surface area contributed by atoms with E-state index < -0.39 is 0 Å². The lowest BCUT2D eigenvalue weighted by molar-refractivity contribution is 0.0170. The zero-order chi connectivity index (χ0) is 21.2. The van der Waals surface area contributed by atoms with Crippen molar-refractivity contribution < 1.29 is 9.47 Å². The van der Waals surface area contributed by atoms with E-state index in [2.05, 4.69) is 38.7 Å². The summed E-state index contributed by atoms with van der Waals surface area (Å²) in [7, 11) is 3.48. The molecule has 1 fully saturated rings. The fourth-order valence-corrected chi connectivity index (χ4v) is 3.79. The van der Waals surface area contributed by atoms with Crippen LogP contribution in [0.2, 0.25) is 5.02 Å². The predicted molar refractivity (Wildman–Crippen MR) is 123 cm³/mol. The second-order valence-corrected chi connectivity index (χ2v) is 7.63. The highest BCUT2D eigenvalue weighted by Gasteiger charge is 2.23. The SMILES string of the molecule is CN=C(NCCc1ccc(OC)cc1)NCC(c1cccc(Cl)c1)N1CCOCC1. The lowest BCUT2D eigenvalue weighted by Gasteiger charge is -2.35. The third-order valence-corrected chi connectivity index (χ3v) is 5.51. The Hall–Kier alpha value is -2.28. The maximum Gasteiger partial charge on any atom is 0.191 e. The van der Waals surface area contributed by atoms with Crippen molar-refractivity contribution in [1.82, 2.24) is 15.5 Å². The lowest BCUT2D eigenvalue weighted by atomic mass is 10.0. The number of nitrogens with zero attached hydrogens (tertiary/aromatic N) is 2. The molecule has 1 unspecified atom stereocenters. The van der Waals surface area contributed by atoms with Crippen molar-refractivity contribution in [3.05, 3.63) is 64.7 Å². The molecule has 7 heteroatoms. The van der Waals surface area contributed by atoms with E-state index in [1.807, 2.05) is 30.3 Å². The molecule has 1 heterocycles. The van der Waals surface area contributed by atoms with E-state index >= 15 is 0 Å². The van der Waals surface area contributed by atoms with Gasteiger partial charge in [-0.3, -0.25) is 9.89 Å². The van der Waals surface area contributed by atoms with Crippen molar-refractivity contribution in [2.24, 2.45) is 4.99 Å². The van der Waals surface area contributed by atoms with Gasteiger partial charge < -0.3 is 20.1 Å². The van der Waals surface area contributed by atoms with Gasteiger partial charge in [0.1, 0.15) is 5.75 Å². The Labute approximate surface area is 184 Å². The summed E-state index contributed by atoms with van der Waals surface area (Å²) in [5, 5.41) is 7.65. The van der Waals surface area contributed by atoms with Crippen molar-refractivity contribution in [2.75, 3.05) is 53.6 Å². The monoisotopic (exact) mass is 430 g/mol. The molecule has 0 saturated carbocycles. The molecular weight excluding hydrogens is 400 g/mol. The fourth-order valence-electron chi connectivity index (χ4n) is 3.59. The van der Waals surface area contributed by atoms with Crippen molar-refractivity contribution in [3.63, 3.8) is 0 Å². The van der Waals surface area contributed by atoms with Crippen LogP contribution in [0.5, 0.6) is 5.75 Å². The van der Waals surface area contributed by atoms with E-state index in [1.165, 1.54) is 11.1 Å². The minimum atomic E-state index is 0.202. The molecule has 1 aliphatic rings. The number of ether oxygens (including phenoxy) is 2. The largest absolute Gasteiger partial charge is 0.497 e. The highest BCUT2D eigenvalue weighted by Crippen LogP contribution is 2.24. The average Bonchev–Trinajstić information content (AvgIpc) is 2.79. The molecule has 0 bridgehead atoms. The minimum absolute atomic E-state index is 0.202. The lowest BCUT2D eigenvalue weighted by Crippen LogP contribution is -2.46. The molecule has 162 valence electrons. The highest BCUT2D eigenvalue weighted by molar-refractivity contribution is 6.30. The van der Waals surface area contributed by atoms with Crippen LogP contribution in [0.1, 0.15) is 17.2 Å². The summed E-state index contributed by atoms with van der Waals surface area (Å²) in [4.78, 5) is 6.82. The van der Waals surface area contributed by atoms with Gasteiger partial charge in [0, 0.05) is 38.2 Å². The Morgan fingerprint density at radius 1 is 1.17 bits per heavy atom. The number of nitrogens with one attached hydrogen (secondary N) is 2. The van der Waals surface area contributed by atoms with Gasteiger partial charge in [0.15, 0.2) is 5.96 Å². The Morgan fingerprint density at radius 2 is 1.93 bits per heavy atom. The number of methoxy groups -OCH3 is 1. The molecule has 0 spiro atoms. The summed E-state index contributed by atoms with van der Waals surface area (Å²) in [5.74, 6) is 1.67. The first-order chi connectivity index (χ1) is 14.7. The molecule has 0 aliphatic carbocycles. The average molecular weight is 431 g/mol. The number of aliphatic imine (C=N–C) groups is 1. The molecular formula is C23H31ClN4O2. The summed E-state index contributed by atoms with van der Waals surface area (Å²) < 4.78 is 10.7. The Balaban J connectivity index is 1.55. The zero-order valence-corrected chi connectivity index (χ0v) is 18.5. The molecule has 2 aromatic carbocycles. The van der Waals surface area contributed by atoms with Crippen LogP contribution in [0.25, 0.3) is 0 Å². The van der Waals surface area contributed by atoms with Crippen molar-refractivity contribution in [2.45, 2.75) is 12.5 Å². The molecule has 0 aromatic heterocycles. The number of hydrogen-bond acceptors (Lipinski definition) is 4. The van der Waals surface area contributed by atoms with E-state index in [4.69, 9.17) is 21.1 Å². The number of guanidine groups is 1. The Morgan fingerprint density at radius 3 is 2.60 bits per heavy atom. The van der Waals surface area contributed by atoms with Crippen LogP contribution in [0.4, 0.5) is 0 Å². The molecule has 0 radical (unpaired) electrons. The predicted octanol–water partition coefficient (Wildman–Crippen LogP) is 3.13. The van der Waals surface area contributed by atoms with Gasteiger partial charge in [0.25, 0.3) is 0 Å². The number of hydrogen-bond donors (Lipinski definition) is 2. The maximum absolute atomic E-state index is 6.26. The van der Waals surface area contributed by atoms with E-state index in [-0.39, 0.29) is 6.04 Å². The molecule has 1 aliphatic heterocycles. The zero-order valence-electron chi connectivity index (χ0n) is 17.7. The topological polar surface area (TPSA) is 58.1 Å². The van der Waals surface area contributed by atoms with Crippen molar-refractivity contribution in [1.29, 1.82) is 0 Å². The third kappa shape index (κ3) is 6.62. The second-order valence-electron chi connectivity index (χ2n) is 7.20. The summed E-state index contributed by atoms with van der Waals surface area (Å²) >= 11 is 6.26. The van der Waals surface area contributed by atoms with E-state index in [9.17, 15) is 0 Å². The molecule has 30 heavy (non-hydrogen) atoms. The Kier molecular flexibility index (Phi) is 8.81. The van der Waals surface area contributed by atoms with Crippen LogP contribution in [-0.4, -0.2) is 64.4 Å². The van der Waals surface area contributed by atoms with Crippen LogP contribution < -0.4 is 15.4 Å². The highest BCUT2D eigenvalue weighted by atomic mass is 35.5. The first-order valence-corrected chi connectivity index (χ1v) is 10.7. The molecule has 2 N–H and O–H groups in total. The van der Waals surface area contributed by atoms with Gasteiger partial charge in [-0.15, -0.1) is 0 Å². The van der Waals surface area contributed by atoms with Crippen LogP contribution in [-0.2, 0) is 11.2 Å². The molecule has 1 atom stereocenters. The normalized spacial score (nSPS) is 16.2. The first kappa shape index (κ1) is 22.4. The quantitative estimate of drug-likeness (QED) is 0.497. The van der Waals surface area contributed by atoms with E-state index in [0.29, 0.717) is 0 Å². The van der Waals surface area contributed by atoms with E-state index in [0.717, 1.165) is 62.5 Å². The molecule has 0 amide bonds. The number of rotatable bonds is 8. The number of halogens is 1. The standard InChI is InChI=1S/C23H31ClN4O2/c1-25-23(26-11-10-18-6-8-21(29-2)9-7-18)27-17-22(28-12-14-30-15-13-28)19-4-3-5-20(24)16-19/h3-9,16,22H,10-15,17H2,1-2H3,(H2,25,26,27). The summed E-state index contributed by atoms with van der Waals surface area (Å²) in [6, 6.07) is 16.4. The van der Waals surface area contributed by atoms with Crippen LogP contribution in [0, 0.1) is 0 Å². The minimum Gasteiger partial charge on any atom is -0.497 e.